The maximum atomic E-state index is 9.06. The van der Waals surface area contributed by atoms with Gasteiger partial charge in [-0.3, -0.25) is 4.98 Å². The Morgan fingerprint density at radius 1 is 1.19 bits per heavy atom. The van der Waals surface area contributed by atoms with Gasteiger partial charge in [-0.25, -0.2) is 0 Å². The second kappa shape index (κ2) is 7.70. The van der Waals surface area contributed by atoms with E-state index in [1.165, 1.54) is 5.57 Å². The molecule has 3 aliphatic carbocycles. The lowest BCUT2D eigenvalue weighted by molar-refractivity contribution is 0.408. The summed E-state index contributed by atoms with van der Waals surface area (Å²) in [5.41, 5.74) is 4.31. The highest BCUT2D eigenvalue weighted by molar-refractivity contribution is 9.09. The smallest absolute Gasteiger partial charge is 0.137 e. The van der Waals surface area contributed by atoms with Crippen LogP contribution in [-0.2, 0) is 0 Å². The maximum Gasteiger partial charge on any atom is 0.137 e. The van der Waals surface area contributed by atoms with Crippen LogP contribution >= 0.6 is 15.9 Å². The Morgan fingerprint density at radius 2 is 2.07 bits per heavy atom. The average Bonchev–Trinajstić information content (AvgIpc) is 2.73. The largest absolute Gasteiger partial charge is 0.495 e. The van der Waals surface area contributed by atoms with Gasteiger partial charge >= 0.3 is 0 Å². The van der Waals surface area contributed by atoms with E-state index < -0.39 is 0 Å². The number of hydrogen-bond donors (Lipinski definition) is 0. The summed E-state index contributed by atoms with van der Waals surface area (Å²) in [4.78, 5) is 5.26. The highest BCUT2D eigenvalue weighted by atomic mass is 79.9. The van der Waals surface area contributed by atoms with E-state index in [0.29, 0.717) is 10.7 Å². The van der Waals surface area contributed by atoms with E-state index in [-0.39, 0.29) is 0 Å². The monoisotopic (exact) mass is 420 g/mol. The minimum absolute atomic E-state index is 0.306. The Bertz CT molecular complexity index is 1050. The van der Waals surface area contributed by atoms with Gasteiger partial charge in [0.25, 0.3) is 0 Å². The fraction of sp³-hybridized carbons (Fsp3) is 0.304. The minimum Gasteiger partial charge on any atom is -0.495 e. The predicted molar refractivity (Wildman–Crippen MR) is 113 cm³/mol. The van der Waals surface area contributed by atoms with E-state index in [9.17, 15) is 0 Å². The van der Waals surface area contributed by atoms with Gasteiger partial charge in [-0.05, 0) is 42.9 Å². The molecule has 0 aromatic carbocycles. The molecule has 4 heteroatoms. The third-order valence-corrected chi connectivity index (χ3v) is 6.05. The molecule has 0 saturated carbocycles. The lowest BCUT2D eigenvalue weighted by Gasteiger charge is -2.21. The molecule has 136 valence electrons. The van der Waals surface area contributed by atoms with Gasteiger partial charge in [0, 0.05) is 33.3 Å². The van der Waals surface area contributed by atoms with Gasteiger partial charge in [0.2, 0.25) is 0 Å². The first-order valence-electron chi connectivity index (χ1n) is 9.28. The molecule has 1 aromatic heterocycles. The Labute approximate surface area is 167 Å². The second-order valence-corrected chi connectivity index (χ2v) is 8.15. The third kappa shape index (κ3) is 3.44. The second-order valence-electron chi connectivity index (χ2n) is 6.98. The van der Waals surface area contributed by atoms with Crippen LogP contribution in [0.15, 0.2) is 48.2 Å². The molecule has 0 spiro atoms. The first-order chi connectivity index (χ1) is 13.2. The summed E-state index contributed by atoms with van der Waals surface area (Å²) in [5, 5.41) is 11.2. The fourth-order valence-corrected chi connectivity index (χ4v) is 4.33. The number of halogens is 1. The summed E-state index contributed by atoms with van der Waals surface area (Å²) >= 11 is 3.63. The van der Waals surface area contributed by atoms with Crippen LogP contribution in [0.4, 0.5) is 0 Å². The molecule has 27 heavy (non-hydrogen) atoms. The van der Waals surface area contributed by atoms with E-state index in [2.05, 4.69) is 52.4 Å². The number of allylic oxidation sites excluding steroid dienone is 8. The number of fused-ring (bicyclic) bond motifs is 1. The summed E-state index contributed by atoms with van der Waals surface area (Å²) in [6, 6.07) is 2.22. The highest BCUT2D eigenvalue weighted by Crippen LogP contribution is 2.30. The zero-order valence-corrected chi connectivity index (χ0v) is 16.9. The van der Waals surface area contributed by atoms with Crippen LogP contribution < -0.4 is 15.3 Å². The van der Waals surface area contributed by atoms with Gasteiger partial charge in [-0.15, -0.1) is 0 Å². The molecule has 0 amide bonds. The molecular weight excluding hydrogens is 400 g/mol. The summed E-state index contributed by atoms with van der Waals surface area (Å²) in [6.45, 7) is 0. The first kappa shape index (κ1) is 18.0. The van der Waals surface area contributed by atoms with Crippen LogP contribution in [0.5, 0.6) is 5.75 Å². The average molecular weight is 421 g/mol. The summed E-state index contributed by atoms with van der Waals surface area (Å²) < 4.78 is 5.85. The van der Waals surface area contributed by atoms with E-state index in [4.69, 9.17) is 15.0 Å². The maximum absolute atomic E-state index is 9.06. The lowest BCUT2D eigenvalue weighted by Crippen LogP contribution is -2.36. The van der Waals surface area contributed by atoms with Crippen molar-refractivity contribution in [3.63, 3.8) is 0 Å². The van der Waals surface area contributed by atoms with Gasteiger partial charge in [0.1, 0.15) is 5.75 Å². The van der Waals surface area contributed by atoms with Crippen molar-refractivity contribution in [2.24, 2.45) is 5.92 Å². The molecule has 4 rings (SSSR count). The molecule has 1 heterocycles. The number of rotatable bonds is 3. The van der Waals surface area contributed by atoms with E-state index in [1.807, 2.05) is 18.3 Å². The molecular formula is C23H21BrN2O. The SMILES string of the molecule is COc1c(C2=CCC(Br)C=C2)cnc2c1=CCCC=2C1C=CC(C#N)=CC1. The van der Waals surface area contributed by atoms with Crippen molar-refractivity contribution in [3.05, 3.63) is 64.4 Å². The quantitative estimate of drug-likeness (QED) is 0.695. The molecule has 0 N–H and O–H groups in total. The molecule has 3 aliphatic rings. The van der Waals surface area contributed by atoms with Crippen LogP contribution in [-0.4, -0.2) is 16.9 Å². The normalized spacial score (nSPS) is 23.7. The molecule has 0 aliphatic heterocycles. The molecule has 0 radical (unpaired) electrons. The number of pyridine rings is 1. The number of nitrogens with zero attached hydrogens (tertiary/aromatic N) is 2. The number of hydrogen-bond acceptors (Lipinski definition) is 3. The van der Waals surface area contributed by atoms with Gasteiger partial charge in [-0.2, -0.15) is 5.26 Å². The molecule has 0 fully saturated rings. The molecule has 0 saturated heterocycles. The number of nitriles is 1. The fourth-order valence-electron chi connectivity index (χ4n) is 3.99. The van der Waals surface area contributed by atoms with Crippen molar-refractivity contribution in [3.8, 4) is 11.8 Å². The number of ether oxygens (including phenoxy) is 1. The van der Waals surface area contributed by atoms with Crippen molar-refractivity contribution in [1.29, 1.82) is 5.26 Å². The lowest BCUT2D eigenvalue weighted by atomic mass is 9.85. The van der Waals surface area contributed by atoms with E-state index >= 15 is 0 Å². The van der Waals surface area contributed by atoms with Gasteiger partial charge < -0.3 is 4.74 Å². The van der Waals surface area contributed by atoms with Gasteiger partial charge in [0.15, 0.2) is 0 Å². The molecule has 2 atom stereocenters. The summed E-state index contributed by atoms with van der Waals surface area (Å²) in [7, 11) is 1.74. The zero-order valence-electron chi connectivity index (χ0n) is 15.3. The van der Waals surface area contributed by atoms with Crippen molar-refractivity contribution in [1.82, 2.24) is 4.98 Å². The Balaban J connectivity index is 1.82. The molecule has 2 unspecified atom stereocenters. The van der Waals surface area contributed by atoms with Gasteiger partial charge in [0.05, 0.1) is 18.5 Å². The van der Waals surface area contributed by atoms with Crippen molar-refractivity contribution in [2.75, 3.05) is 7.11 Å². The minimum atomic E-state index is 0.306. The van der Waals surface area contributed by atoms with Crippen molar-refractivity contribution in [2.45, 2.75) is 30.5 Å². The zero-order chi connectivity index (χ0) is 18.8. The standard InChI is InChI=1S/C23H21BrN2O/c1-27-23-20-4-2-3-19(16-7-5-15(13-25)6-8-16)22(20)26-14-21(23)17-9-11-18(24)12-10-17/h4-7,9-11,14,16,18H,2-3,8,12H2,1H3. The number of alkyl halides is 1. The first-order valence-corrected chi connectivity index (χ1v) is 10.2. The van der Waals surface area contributed by atoms with Crippen molar-refractivity contribution < 1.29 is 4.74 Å². The molecule has 3 nitrogen and oxygen atoms in total. The van der Waals surface area contributed by atoms with Crippen LogP contribution in [0.3, 0.4) is 0 Å². The molecule has 0 bridgehead atoms. The van der Waals surface area contributed by atoms with Crippen LogP contribution in [0.25, 0.3) is 17.2 Å². The van der Waals surface area contributed by atoms with Crippen LogP contribution in [0, 0.1) is 17.2 Å². The topological polar surface area (TPSA) is 45.9 Å². The van der Waals surface area contributed by atoms with E-state index in [1.54, 1.807) is 7.11 Å². The number of methoxy groups -OCH3 is 1. The number of aromatic nitrogens is 1. The molecule has 1 aromatic rings. The Kier molecular flexibility index (Phi) is 5.13. The predicted octanol–water partition coefficient (Wildman–Crippen LogP) is 3.95. The van der Waals surface area contributed by atoms with Crippen molar-refractivity contribution >= 4 is 33.2 Å². The van der Waals surface area contributed by atoms with E-state index in [0.717, 1.165) is 58.7 Å². The Hall–Kier alpha value is -2.38. The van der Waals surface area contributed by atoms with Gasteiger partial charge in [-0.1, -0.05) is 52.4 Å². The Morgan fingerprint density at radius 3 is 2.74 bits per heavy atom. The highest BCUT2D eigenvalue weighted by Gasteiger charge is 2.20. The summed E-state index contributed by atoms with van der Waals surface area (Å²) in [6.07, 6.45) is 20.7. The van der Waals surface area contributed by atoms with Crippen LogP contribution in [0.1, 0.15) is 31.2 Å². The van der Waals surface area contributed by atoms with Crippen LogP contribution in [0.2, 0.25) is 0 Å². The summed E-state index contributed by atoms with van der Waals surface area (Å²) in [5.74, 6) is 1.22. The third-order valence-electron chi connectivity index (χ3n) is 5.37.